The Kier molecular flexibility index (Phi) is 5.13. The Labute approximate surface area is 87.4 Å². The molecule has 3 N–H and O–H groups in total. The van der Waals surface area contributed by atoms with Crippen molar-refractivity contribution in [2.75, 3.05) is 6.54 Å². The van der Waals surface area contributed by atoms with Gasteiger partial charge in [0.05, 0.1) is 6.04 Å². The van der Waals surface area contributed by atoms with E-state index in [2.05, 4.69) is 39.9 Å². The van der Waals surface area contributed by atoms with Gasteiger partial charge < -0.3 is 11.1 Å². The molecule has 0 spiro atoms. The summed E-state index contributed by atoms with van der Waals surface area (Å²) in [7, 11) is 0. The fourth-order valence-electron chi connectivity index (χ4n) is 1.19. The Balaban J connectivity index is 3.88. The summed E-state index contributed by atoms with van der Waals surface area (Å²) in [4.78, 5) is 11.5. The van der Waals surface area contributed by atoms with E-state index in [0.29, 0.717) is 12.5 Å². The van der Waals surface area contributed by atoms with Crippen molar-refractivity contribution in [2.24, 2.45) is 17.1 Å². The van der Waals surface area contributed by atoms with Crippen LogP contribution >= 0.6 is 0 Å². The zero-order chi connectivity index (χ0) is 11.4. The van der Waals surface area contributed by atoms with Gasteiger partial charge in [-0.2, -0.15) is 0 Å². The average molecular weight is 200 g/mol. The van der Waals surface area contributed by atoms with Crippen LogP contribution < -0.4 is 11.1 Å². The number of nitrogens with two attached hydrogens (primary N) is 1. The number of carbonyl (C=O) groups is 1. The van der Waals surface area contributed by atoms with Crippen LogP contribution in [-0.2, 0) is 4.79 Å². The van der Waals surface area contributed by atoms with Crippen molar-refractivity contribution in [2.45, 2.75) is 47.1 Å². The van der Waals surface area contributed by atoms with Crippen LogP contribution in [0.4, 0.5) is 0 Å². The summed E-state index contributed by atoms with van der Waals surface area (Å²) in [5.41, 5.74) is 5.88. The summed E-state index contributed by atoms with van der Waals surface area (Å²) in [6.07, 6.45) is 0.719. The molecule has 84 valence electrons. The number of rotatable bonds is 4. The van der Waals surface area contributed by atoms with Crippen molar-refractivity contribution < 1.29 is 4.79 Å². The van der Waals surface area contributed by atoms with Gasteiger partial charge in [-0.05, 0) is 17.8 Å². The molecule has 0 aliphatic heterocycles. The smallest absolute Gasteiger partial charge is 0.236 e. The Morgan fingerprint density at radius 2 is 1.86 bits per heavy atom. The van der Waals surface area contributed by atoms with Crippen molar-refractivity contribution in [1.82, 2.24) is 5.32 Å². The number of hydrogen-bond donors (Lipinski definition) is 2. The molecule has 0 heterocycles. The number of hydrogen-bond acceptors (Lipinski definition) is 2. The van der Waals surface area contributed by atoms with Crippen molar-refractivity contribution in [3.8, 4) is 0 Å². The van der Waals surface area contributed by atoms with E-state index in [1.165, 1.54) is 0 Å². The lowest BCUT2D eigenvalue weighted by molar-refractivity contribution is -0.123. The van der Waals surface area contributed by atoms with Gasteiger partial charge in [-0.3, -0.25) is 4.79 Å². The van der Waals surface area contributed by atoms with Crippen LogP contribution in [0.5, 0.6) is 0 Å². The van der Waals surface area contributed by atoms with Gasteiger partial charge in [0.1, 0.15) is 0 Å². The second-order valence-corrected chi connectivity index (χ2v) is 5.51. The Morgan fingerprint density at radius 1 is 1.36 bits per heavy atom. The van der Waals surface area contributed by atoms with Gasteiger partial charge in [0.25, 0.3) is 0 Å². The number of carbonyl (C=O) groups excluding carboxylic acids is 1. The highest BCUT2D eigenvalue weighted by atomic mass is 16.2. The van der Waals surface area contributed by atoms with Gasteiger partial charge in [-0.1, -0.05) is 34.6 Å². The first-order valence-corrected chi connectivity index (χ1v) is 5.25. The summed E-state index contributed by atoms with van der Waals surface area (Å²) < 4.78 is 0. The van der Waals surface area contributed by atoms with E-state index in [-0.39, 0.29) is 17.4 Å². The zero-order valence-corrected chi connectivity index (χ0v) is 10.1. The summed E-state index contributed by atoms with van der Waals surface area (Å²) in [5.74, 6) is 0.439. The molecule has 0 rings (SSSR count). The highest BCUT2D eigenvalue weighted by Gasteiger charge is 2.20. The Bertz CT molecular complexity index is 182. The van der Waals surface area contributed by atoms with E-state index in [4.69, 9.17) is 5.73 Å². The first kappa shape index (κ1) is 13.4. The first-order chi connectivity index (χ1) is 6.22. The molecule has 0 aromatic heterocycles. The molecule has 0 unspecified atom stereocenters. The normalized spacial score (nSPS) is 14.2. The van der Waals surface area contributed by atoms with E-state index in [1.807, 2.05) is 0 Å². The minimum absolute atomic E-state index is 0.0337. The molecule has 0 radical (unpaired) electrons. The van der Waals surface area contributed by atoms with Crippen LogP contribution in [0.25, 0.3) is 0 Å². The molecule has 14 heavy (non-hydrogen) atoms. The molecule has 0 saturated carbocycles. The first-order valence-electron chi connectivity index (χ1n) is 5.25. The van der Waals surface area contributed by atoms with Crippen molar-refractivity contribution in [1.29, 1.82) is 0 Å². The van der Waals surface area contributed by atoms with Gasteiger partial charge in [0, 0.05) is 6.54 Å². The molecule has 1 atom stereocenters. The molecule has 0 aliphatic carbocycles. The zero-order valence-electron chi connectivity index (χ0n) is 10.1. The maximum Gasteiger partial charge on any atom is 0.236 e. The van der Waals surface area contributed by atoms with E-state index in [0.717, 1.165) is 6.42 Å². The lowest BCUT2D eigenvalue weighted by Gasteiger charge is -2.22. The van der Waals surface area contributed by atoms with Crippen molar-refractivity contribution in [3.63, 3.8) is 0 Å². The maximum absolute atomic E-state index is 11.5. The third-order valence-electron chi connectivity index (χ3n) is 1.85. The average Bonchev–Trinajstić information content (AvgIpc) is 1.96. The predicted molar refractivity (Wildman–Crippen MR) is 59.9 cm³/mol. The van der Waals surface area contributed by atoms with E-state index in [9.17, 15) is 4.79 Å². The third kappa shape index (κ3) is 6.89. The fourth-order valence-corrected chi connectivity index (χ4v) is 1.19. The molecule has 0 bridgehead atoms. The molecule has 0 aromatic carbocycles. The van der Waals surface area contributed by atoms with E-state index < -0.39 is 0 Å². The summed E-state index contributed by atoms with van der Waals surface area (Å²) in [5, 5.41) is 2.84. The third-order valence-corrected chi connectivity index (χ3v) is 1.85. The number of amides is 1. The maximum atomic E-state index is 11.5. The van der Waals surface area contributed by atoms with Gasteiger partial charge in [-0.25, -0.2) is 0 Å². The molecule has 3 nitrogen and oxygen atoms in total. The largest absolute Gasteiger partial charge is 0.354 e. The lowest BCUT2D eigenvalue weighted by Crippen LogP contribution is -2.43. The van der Waals surface area contributed by atoms with E-state index >= 15 is 0 Å². The molecule has 0 aliphatic rings. The van der Waals surface area contributed by atoms with Crippen LogP contribution in [-0.4, -0.2) is 18.5 Å². The Morgan fingerprint density at radius 3 is 2.21 bits per heavy atom. The number of nitrogens with one attached hydrogen (secondary N) is 1. The monoisotopic (exact) mass is 200 g/mol. The van der Waals surface area contributed by atoms with Gasteiger partial charge in [0.15, 0.2) is 0 Å². The lowest BCUT2D eigenvalue weighted by atomic mass is 9.88. The molecule has 0 fully saturated rings. The minimum Gasteiger partial charge on any atom is -0.354 e. The topological polar surface area (TPSA) is 55.1 Å². The summed E-state index contributed by atoms with van der Waals surface area (Å²) >= 11 is 0. The van der Waals surface area contributed by atoms with Gasteiger partial charge in [0.2, 0.25) is 5.91 Å². The second-order valence-electron chi connectivity index (χ2n) is 5.51. The highest BCUT2D eigenvalue weighted by Crippen LogP contribution is 2.19. The SMILES string of the molecule is CC(C)CNC(=O)[C@H](N)CC(C)(C)C. The van der Waals surface area contributed by atoms with Crippen molar-refractivity contribution in [3.05, 3.63) is 0 Å². The summed E-state index contributed by atoms with van der Waals surface area (Å²) in [6.45, 7) is 11.1. The second kappa shape index (κ2) is 5.35. The molecule has 0 aromatic rings. The van der Waals surface area contributed by atoms with E-state index in [1.54, 1.807) is 0 Å². The fraction of sp³-hybridized carbons (Fsp3) is 0.909. The van der Waals surface area contributed by atoms with Gasteiger partial charge in [-0.15, -0.1) is 0 Å². The molecular formula is C11H24N2O. The molecule has 0 saturated heterocycles. The Hall–Kier alpha value is -0.570. The standard InChI is InChI=1S/C11H24N2O/c1-8(2)7-13-10(14)9(12)6-11(3,4)5/h8-9H,6-7,12H2,1-5H3,(H,13,14)/t9-/m1/s1. The van der Waals surface area contributed by atoms with Crippen LogP contribution in [0.15, 0.2) is 0 Å². The van der Waals surface area contributed by atoms with Crippen LogP contribution in [0.1, 0.15) is 41.0 Å². The molecule has 1 amide bonds. The van der Waals surface area contributed by atoms with Crippen molar-refractivity contribution >= 4 is 5.91 Å². The van der Waals surface area contributed by atoms with Gasteiger partial charge >= 0.3 is 0 Å². The van der Waals surface area contributed by atoms with Crippen LogP contribution in [0, 0.1) is 11.3 Å². The van der Waals surface area contributed by atoms with Crippen LogP contribution in [0.2, 0.25) is 0 Å². The quantitative estimate of drug-likeness (QED) is 0.723. The minimum atomic E-state index is -0.381. The van der Waals surface area contributed by atoms with Crippen LogP contribution in [0.3, 0.4) is 0 Å². The highest BCUT2D eigenvalue weighted by molar-refractivity contribution is 5.81. The molecule has 3 heteroatoms. The predicted octanol–water partition coefficient (Wildman–Crippen LogP) is 1.52. The summed E-state index contributed by atoms with van der Waals surface area (Å²) in [6, 6.07) is -0.381. The molecular weight excluding hydrogens is 176 g/mol.